The molecule has 1 aromatic carbocycles. The number of aromatic nitrogens is 1. The number of hydrogen-bond donors (Lipinski definition) is 2. The molecule has 1 aromatic heterocycles. The quantitative estimate of drug-likeness (QED) is 0.644. The lowest BCUT2D eigenvalue weighted by molar-refractivity contribution is -0.127. The lowest BCUT2D eigenvalue weighted by atomic mass is 10.0. The van der Waals surface area contributed by atoms with Crippen molar-refractivity contribution < 1.29 is 9.59 Å². The van der Waals surface area contributed by atoms with E-state index < -0.39 is 11.8 Å². The summed E-state index contributed by atoms with van der Waals surface area (Å²) >= 11 is 0. The van der Waals surface area contributed by atoms with Gasteiger partial charge in [-0.15, -0.1) is 0 Å². The Labute approximate surface area is 146 Å². The van der Waals surface area contributed by atoms with Crippen molar-refractivity contribution in [1.29, 1.82) is 0 Å². The zero-order valence-corrected chi connectivity index (χ0v) is 14.2. The highest BCUT2D eigenvalue weighted by Crippen LogP contribution is 2.15. The number of pyridine rings is 1. The number of amides is 2. The summed E-state index contributed by atoms with van der Waals surface area (Å²) in [6, 6.07) is 12.5. The van der Waals surface area contributed by atoms with Crippen LogP contribution in [0.15, 0.2) is 59.5 Å². The smallest absolute Gasteiger partial charge is 0.262 e. The molecule has 2 rings (SSSR count). The fourth-order valence-electron chi connectivity index (χ4n) is 2.12. The Morgan fingerprint density at radius 2 is 1.80 bits per heavy atom. The molecule has 0 saturated carbocycles. The molecule has 0 aliphatic heterocycles. The number of nitrogens with one attached hydrogen (secondary N) is 2. The van der Waals surface area contributed by atoms with Crippen LogP contribution in [0, 0.1) is 0 Å². The summed E-state index contributed by atoms with van der Waals surface area (Å²) in [5.41, 5.74) is 6.38. The largest absolute Gasteiger partial charge is 0.306 e. The zero-order chi connectivity index (χ0) is 18.2. The Morgan fingerprint density at radius 3 is 2.44 bits per heavy atom. The topological polar surface area (TPSA) is 80.2 Å². The molecule has 0 fully saturated rings. The number of nitrogens with zero attached hydrogens (tertiary/aromatic N) is 1. The Balaban J connectivity index is 1.82. The normalized spacial score (nSPS) is 10.8. The van der Waals surface area contributed by atoms with E-state index in [0.29, 0.717) is 5.92 Å². The summed E-state index contributed by atoms with van der Waals surface area (Å²) in [7, 11) is 0. The van der Waals surface area contributed by atoms with Crippen LogP contribution in [-0.2, 0) is 16.1 Å². The van der Waals surface area contributed by atoms with Gasteiger partial charge in [-0.25, -0.2) is 0 Å². The average Bonchev–Trinajstić information content (AvgIpc) is 2.60. The van der Waals surface area contributed by atoms with Crippen molar-refractivity contribution in [3.05, 3.63) is 76.2 Å². The second-order valence-corrected chi connectivity index (χ2v) is 5.86. The summed E-state index contributed by atoms with van der Waals surface area (Å²) in [5, 5.41) is 0. The molecule has 1 heterocycles. The maximum absolute atomic E-state index is 11.7. The molecular weight excluding hydrogens is 318 g/mol. The average molecular weight is 339 g/mol. The van der Waals surface area contributed by atoms with Gasteiger partial charge in [-0.2, -0.15) is 0 Å². The third-order valence-corrected chi connectivity index (χ3v) is 3.57. The molecule has 2 aromatic rings. The highest BCUT2D eigenvalue weighted by molar-refractivity contribution is 5.93. The standard InChI is InChI=1S/C19H21N3O3/c1-14(2)16-9-6-15(7-10-16)8-11-17(23)20-21-18(24)13-22-12-4-3-5-19(22)25/h3-12,14H,13H2,1-2H3,(H,20,23)(H,21,24)/b11-8+. The number of hydrogen-bond acceptors (Lipinski definition) is 3. The molecule has 0 saturated heterocycles. The molecule has 25 heavy (non-hydrogen) atoms. The Morgan fingerprint density at radius 1 is 1.08 bits per heavy atom. The van der Waals surface area contributed by atoms with Gasteiger partial charge in [0.2, 0.25) is 0 Å². The zero-order valence-electron chi connectivity index (χ0n) is 14.2. The third-order valence-electron chi connectivity index (χ3n) is 3.57. The van der Waals surface area contributed by atoms with E-state index in [-0.39, 0.29) is 12.1 Å². The monoisotopic (exact) mass is 339 g/mol. The molecule has 2 amide bonds. The molecular formula is C19H21N3O3. The van der Waals surface area contributed by atoms with Crippen LogP contribution in [0.3, 0.4) is 0 Å². The van der Waals surface area contributed by atoms with E-state index in [1.54, 1.807) is 18.2 Å². The second-order valence-electron chi connectivity index (χ2n) is 5.86. The molecule has 0 radical (unpaired) electrons. The van der Waals surface area contributed by atoms with E-state index >= 15 is 0 Å². The summed E-state index contributed by atoms with van der Waals surface area (Å²) in [5.74, 6) is -0.494. The molecule has 2 N–H and O–H groups in total. The van der Waals surface area contributed by atoms with Gasteiger partial charge in [-0.3, -0.25) is 25.2 Å². The van der Waals surface area contributed by atoms with Gasteiger partial charge < -0.3 is 4.57 Å². The summed E-state index contributed by atoms with van der Waals surface area (Å²) < 4.78 is 1.24. The van der Waals surface area contributed by atoms with Crippen molar-refractivity contribution in [1.82, 2.24) is 15.4 Å². The Bertz CT molecular complexity index is 820. The number of hydrazine groups is 1. The van der Waals surface area contributed by atoms with Crippen LogP contribution < -0.4 is 16.4 Å². The minimum Gasteiger partial charge on any atom is -0.306 e. The van der Waals surface area contributed by atoms with E-state index in [0.717, 1.165) is 5.56 Å². The van der Waals surface area contributed by atoms with Gasteiger partial charge in [0.25, 0.3) is 17.4 Å². The number of carbonyl (C=O) groups is 2. The van der Waals surface area contributed by atoms with Crippen molar-refractivity contribution in [3.63, 3.8) is 0 Å². The molecule has 0 aliphatic carbocycles. The van der Waals surface area contributed by atoms with Gasteiger partial charge in [0.05, 0.1) is 0 Å². The maximum atomic E-state index is 11.7. The van der Waals surface area contributed by atoms with E-state index in [4.69, 9.17) is 0 Å². The van der Waals surface area contributed by atoms with Crippen LogP contribution in [0.5, 0.6) is 0 Å². The number of rotatable bonds is 5. The molecule has 6 heteroatoms. The highest BCUT2D eigenvalue weighted by atomic mass is 16.2. The number of benzene rings is 1. The first kappa shape index (κ1) is 18.2. The fraction of sp³-hybridized carbons (Fsp3) is 0.211. The summed E-state index contributed by atoms with van der Waals surface area (Å²) in [4.78, 5) is 35.0. The van der Waals surface area contributed by atoms with E-state index in [1.165, 1.54) is 28.5 Å². The first-order chi connectivity index (χ1) is 12.0. The van der Waals surface area contributed by atoms with Gasteiger partial charge in [-0.1, -0.05) is 44.2 Å². The molecule has 6 nitrogen and oxygen atoms in total. The van der Waals surface area contributed by atoms with Crippen LogP contribution in [0.2, 0.25) is 0 Å². The van der Waals surface area contributed by atoms with Crippen molar-refractivity contribution >= 4 is 17.9 Å². The van der Waals surface area contributed by atoms with Gasteiger partial charge >= 0.3 is 0 Å². The fourth-order valence-corrected chi connectivity index (χ4v) is 2.12. The third kappa shape index (κ3) is 5.76. The number of carbonyl (C=O) groups excluding carboxylic acids is 2. The lowest BCUT2D eigenvalue weighted by Gasteiger charge is -2.07. The van der Waals surface area contributed by atoms with E-state index in [1.807, 2.05) is 24.3 Å². The summed E-state index contributed by atoms with van der Waals surface area (Å²) in [6.07, 6.45) is 4.50. The van der Waals surface area contributed by atoms with Crippen LogP contribution in [0.1, 0.15) is 30.9 Å². The Kier molecular flexibility index (Phi) is 6.28. The predicted molar refractivity (Wildman–Crippen MR) is 96.6 cm³/mol. The van der Waals surface area contributed by atoms with Gasteiger partial charge in [0, 0.05) is 18.3 Å². The van der Waals surface area contributed by atoms with Crippen LogP contribution >= 0.6 is 0 Å². The SMILES string of the molecule is CC(C)c1ccc(/C=C/C(=O)NNC(=O)Cn2ccccc2=O)cc1. The molecule has 0 atom stereocenters. The van der Waals surface area contributed by atoms with E-state index in [9.17, 15) is 14.4 Å². The van der Waals surface area contributed by atoms with Crippen LogP contribution in [0.4, 0.5) is 0 Å². The second kappa shape index (κ2) is 8.63. The van der Waals surface area contributed by atoms with Crippen molar-refractivity contribution in [2.24, 2.45) is 0 Å². The molecule has 0 aliphatic rings. The molecule has 0 bridgehead atoms. The minimum absolute atomic E-state index is 0.166. The first-order valence-electron chi connectivity index (χ1n) is 7.98. The lowest BCUT2D eigenvalue weighted by Crippen LogP contribution is -2.43. The molecule has 0 spiro atoms. The van der Waals surface area contributed by atoms with Gasteiger partial charge in [0.1, 0.15) is 6.54 Å². The van der Waals surface area contributed by atoms with Gasteiger partial charge in [0.15, 0.2) is 0 Å². The molecule has 0 unspecified atom stereocenters. The van der Waals surface area contributed by atoms with Crippen molar-refractivity contribution in [3.8, 4) is 0 Å². The van der Waals surface area contributed by atoms with Crippen molar-refractivity contribution in [2.45, 2.75) is 26.3 Å². The highest BCUT2D eigenvalue weighted by Gasteiger charge is 2.04. The predicted octanol–water partition coefficient (Wildman–Crippen LogP) is 1.83. The van der Waals surface area contributed by atoms with Gasteiger partial charge in [-0.05, 0) is 29.2 Å². The van der Waals surface area contributed by atoms with Crippen LogP contribution in [-0.4, -0.2) is 16.4 Å². The van der Waals surface area contributed by atoms with Crippen LogP contribution in [0.25, 0.3) is 6.08 Å². The maximum Gasteiger partial charge on any atom is 0.262 e. The van der Waals surface area contributed by atoms with Crippen molar-refractivity contribution in [2.75, 3.05) is 0 Å². The molecule has 130 valence electrons. The summed E-state index contributed by atoms with van der Waals surface area (Å²) in [6.45, 7) is 4.06. The minimum atomic E-state index is -0.490. The first-order valence-corrected chi connectivity index (χ1v) is 7.98. The van der Waals surface area contributed by atoms with E-state index in [2.05, 4.69) is 24.7 Å². The Hall–Kier alpha value is -3.15.